The zero-order valence-electron chi connectivity index (χ0n) is 14.8. The molecule has 2 aromatic carbocycles. The third-order valence-electron chi connectivity index (χ3n) is 5.14. The van der Waals surface area contributed by atoms with Gasteiger partial charge in [0.2, 0.25) is 11.2 Å². The van der Waals surface area contributed by atoms with E-state index in [1.807, 2.05) is 0 Å². The van der Waals surface area contributed by atoms with Gasteiger partial charge in [-0.15, -0.1) is 0 Å². The third kappa shape index (κ3) is 3.21. The molecule has 0 spiro atoms. The van der Waals surface area contributed by atoms with Gasteiger partial charge in [0.1, 0.15) is 12.2 Å². The second kappa shape index (κ2) is 6.72. The van der Waals surface area contributed by atoms with Gasteiger partial charge in [-0.05, 0) is 11.1 Å². The molecule has 29 heavy (non-hydrogen) atoms. The maximum absolute atomic E-state index is 14.5. The molecule has 0 N–H and O–H groups in total. The monoisotopic (exact) mass is 418 g/mol. The van der Waals surface area contributed by atoms with E-state index in [0.29, 0.717) is 0 Å². The summed E-state index contributed by atoms with van der Waals surface area (Å²) in [7, 11) is 0. The molecule has 9 heteroatoms. The van der Waals surface area contributed by atoms with E-state index >= 15 is 0 Å². The molecule has 4 unspecified atom stereocenters. The fourth-order valence-corrected chi connectivity index (χ4v) is 3.62. The van der Waals surface area contributed by atoms with E-state index in [-0.39, 0.29) is 13.2 Å². The number of ether oxygens (including phenoxy) is 3. The van der Waals surface area contributed by atoms with Crippen LogP contribution in [0.3, 0.4) is 0 Å². The van der Waals surface area contributed by atoms with E-state index < -0.39 is 46.9 Å². The highest BCUT2D eigenvalue weighted by Gasteiger charge is 2.76. The standard InChI is InChI=1S/C20H16F6O3/c21-19(22,23)17(15-11-27-15,13-7-3-1-4-8-13)29-18(16-12-28-16,20(24,25)26)14-9-5-2-6-10-14/h1-10,15-16H,11-12H2. The lowest BCUT2D eigenvalue weighted by Gasteiger charge is -2.44. The Hall–Kier alpha value is -2.10. The van der Waals surface area contributed by atoms with Gasteiger partial charge in [0.05, 0.1) is 13.2 Å². The molecule has 0 radical (unpaired) electrons. The number of rotatable bonds is 6. The quantitative estimate of drug-likeness (QED) is 0.503. The Morgan fingerprint density at radius 3 is 1.17 bits per heavy atom. The number of hydrogen-bond donors (Lipinski definition) is 0. The van der Waals surface area contributed by atoms with E-state index in [1.165, 1.54) is 36.4 Å². The van der Waals surface area contributed by atoms with Gasteiger partial charge in [-0.1, -0.05) is 60.7 Å². The highest BCUT2D eigenvalue weighted by atomic mass is 19.4. The van der Waals surface area contributed by atoms with Crippen molar-refractivity contribution in [2.45, 2.75) is 35.8 Å². The Bertz CT molecular complexity index is 775. The highest BCUT2D eigenvalue weighted by molar-refractivity contribution is 5.33. The van der Waals surface area contributed by atoms with Crippen LogP contribution in [0.1, 0.15) is 11.1 Å². The number of benzene rings is 2. The fourth-order valence-electron chi connectivity index (χ4n) is 3.62. The van der Waals surface area contributed by atoms with E-state index in [2.05, 4.69) is 0 Å². The minimum absolute atomic E-state index is 0.372. The number of epoxide rings is 2. The highest BCUT2D eigenvalue weighted by Crippen LogP contribution is 2.59. The minimum Gasteiger partial charge on any atom is -0.369 e. The molecule has 0 aliphatic carbocycles. The second-order valence-electron chi connectivity index (χ2n) is 6.94. The van der Waals surface area contributed by atoms with Crippen LogP contribution in [0.5, 0.6) is 0 Å². The average Bonchev–Trinajstić information content (AvgIpc) is 3.54. The van der Waals surface area contributed by atoms with Gasteiger partial charge in [-0.25, -0.2) is 0 Å². The molecule has 2 fully saturated rings. The van der Waals surface area contributed by atoms with E-state index in [1.54, 1.807) is 0 Å². The van der Waals surface area contributed by atoms with Crippen LogP contribution in [0.2, 0.25) is 0 Å². The van der Waals surface area contributed by atoms with Crippen molar-refractivity contribution < 1.29 is 40.6 Å². The molecule has 4 atom stereocenters. The van der Waals surface area contributed by atoms with Gasteiger partial charge in [-0.3, -0.25) is 0 Å². The molecule has 2 saturated heterocycles. The molecule has 0 saturated carbocycles. The Morgan fingerprint density at radius 1 is 0.621 bits per heavy atom. The molecule has 2 aliphatic heterocycles. The predicted octanol–water partition coefficient (Wildman–Crippen LogP) is 4.72. The van der Waals surface area contributed by atoms with Crippen molar-refractivity contribution >= 4 is 0 Å². The number of alkyl halides is 6. The predicted molar refractivity (Wildman–Crippen MR) is 88.9 cm³/mol. The number of hydrogen-bond acceptors (Lipinski definition) is 3. The smallest absolute Gasteiger partial charge is 0.369 e. The summed E-state index contributed by atoms with van der Waals surface area (Å²) in [6.45, 7) is -0.745. The Morgan fingerprint density at radius 2 is 0.931 bits per heavy atom. The molecule has 0 aromatic heterocycles. The lowest BCUT2D eigenvalue weighted by Crippen LogP contribution is -2.60. The summed E-state index contributed by atoms with van der Waals surface area (Å²) < 4.78 is 102. The van der Waals surface area contributed by atoms with Crippen molar-refractivity contribution in [3.8, 4) is 0 Å². The maximum atomic E-state index is 14.5. The van der Waals surface area contributed by atoms with E-state index in [0.717, 1.165) is 24.3 Å². The largest absolute Gasteiger partial charge is 0.424 e. The minimum atomic E-state index is -5.18. The molecule has 0 bridgehead atoms. The first-order chi connectivity index (χ1) is 13.6. The van der Waals surface area contributed by atoms with Crippen LogP contribution in [0.15, 0.2) is 60.7 Å². The van der Waals surface area contributed by atoms with Crippen LogP contribution >= 0.6 is 0 Å². The van der Waals surface area contributed by atoms with Crippen LogP contribution < -0.4 is 0 Å². The van der Waals surface area contributed by atoms with Gasteiger partial charge >= 0.3 is 12.4 Å². The van der Waals surface area contributed by atoms with Crippen LogP contribution in [0.4, 0.5) is 26.3 Å². The summed E-state index contributed by atoms with van der Waals surface area (Å²) in [5.41, 5.74) is -7.54. The topological polar surface area (TPSA) is 34.3 Å². The SMILES string of the molecule is FC(F)(F)C(OC(c1ccccc1)(C1CO1)C(F)(F)F)(c1ccccc1)C1CO1. The molecule has 2 aromatic rings. The zero-order valence-corrected chi connectivity index (χ0v) is 14.8. The second-order valence-corrected chi connectivity index (χ2v) is 6.94. The van der Waals surface area contributed by atoms with Gasteiger partial charge in [0, 0.05) is 0 Å². The zero-order chi connectivity index (χ0) is 20.9. The van der Waals surface area contributed by atoms with Gasteiger partial charge < -0.3 is 14.2 Å². The van der Waals surface area contributed by atoms with Crippen molar-refractivity contribution in [2.24, 2.45) is 0 Å². The summed E-state index contributed by atoms with van der Waals surface area (Å²) in [4.78, 5) is 0. The fraction of sp³-hybridized carbons (Fsp3) is 0.400. The van der Waals surface area contributed by atoms with Crippen molar-refractivity contribution in [3.05, 3.63) is 71.8 Å². The molecule has 4 rings (SSSR count). The first-order valence-electron chi connectivity index (χ1n) is 8.81. The van der Waals surface area contributed by atoms with Crippen molar-refractivity contribution in [1.29, 1.82) is 0 Å². The van der Waals surface area contributed by atoms with Crippen LogP contribution in [-0.2, 0) is 25.4 Å². The van der Waals surface area contributed by atoms with Crippen molar-refractivity contribution in [1.82, 2.24) is 0 Å². The lowest BCUT2D eigenvalue weighted by atomic mass is 9.84. The molecule has 0 amide bonds. The molecular formula is C20H16F6O3. The van der Waals surface area contributed by atoms with E-state index in [4.69, 9.17) is 14.2 Å². The summed E-state index contributed by atoms with van der Waals surface area (Å²) in [6.07, 6.45) is -13.6. The average molecular weight is 418 g/mol. The lowest BCUT2D eigenvalue weighted by molar-refractivity contribution is -0.385. The molecular weight excluding hydrogens is 402 g/mol. The van der Waals surface area contributed by atoms with Gasteiger partial charge in [0.15, 0.2) is 0 Å². The molecule has 3 nitrogen and oxygen atoms in total. The molecule has 156 valence electrons. The van der Waals surface area contributed by atoms with E-state index in [9.17, 15) is 26.3 Å². The van der Waals surface area contributed by atoms with Crippen molar-refractivity contribution in [3.63, 3.8) is 0 Å². The summed E-state index contributed by atoms with van der Waals surface area (Å²) in [5, 5.41) is 0. The maximum Gasteiger partial charge on any atom is 0.424 e. The van der Waals surface area contributed by atoms with Crippen molar-refractivity contribution in [2.75, 3.05) is 13.2 Å². The normalized spacial score (nSPS) is 25.7. The van der Waals surface area contributed by atoms with Crippen LogP contribution in [0.25, 0.3) is 0 Å². The van der Waals surface area contributed by atoms with Crippen LogP contribution in [0, 0.1) is 0 Å². The summed E-state index contributed by atoms with van der Waals surface area (Å²) in [5.74, 6) is 0. The Labute approximate surface area is 162 Å². The first-order valence-corrected chi connectivity index (χ1v) is 8.81. The van der Waals surface area contributed by atoms with Gasteiger partial charge in [-0.2, -0.15) is 26.3 Å². The first kappa shape index (κ1) is 20.2. The Kier molecular flexibility index (Phi) is 4.67. The van der Waals surface area contributed by atoms with Gasteiger partial charge in [0.25, 0.3) is 0 Å². The summed E-state index contributed by atoms with van der Waals surface area (Å²) in [6, 6.07) is 12.6. The molecule has 2 aliphatic rings. The van der Waals surface area contributed by atoms with Crippen LogP contribution in [-0.4, -0.2) is 37.8 Å². The molecule has 2 heterocycles. The third-order valence-corrected chi connectivity index (χ3v) is 5.14. The Balaban J connectivity index is 1.95. The summed E-state index contributed by atoms with van der Waals surface area (Å²) >= 11 is 0. The number of halogens is 6.